The molecular weight excluding hydrogens is 259 g/mol. The van der Waals surface area contributed by atoms with Crippen LogP contribution >= 0.6 is 11.8 Å². The second-order valence-electron chi connectivity index (χ2n) is 4.67. The van der Waals surface area contributed by atoms with Crippen LogP contribution in [-0.2, 0) is 12.6 Å². The topological polar surface area (TPSA) is 26.0 Å². The summed E-state index contributed by atoms with van der Waals surface area (Å²) in [5, 5.41) is 0. The molecule has 0 radical (unpaired) electrons. The number of hydrogen-bond donors (Lipinski definition) is 1. The molecule has 5 heteroatoms. The molecule has 0 saturated carbocycles. The SMILES string of the molecule is Nc1cc(C(F)(F)F)ccc1CC1CCSCC1. The summed E-state index contributed by atoms with van der Waals surface area (Å²) in [5.41, 5.74) is 6.18. The molecule has 0 aromatic heterocycles. The van der Waals surface area contributed by atoms with Crippen LogP contribution in [0.3, 0.4) is 0 Å². The molecule has 18 heavy (non-hydrogen) atoms. The average molecular weight is 275 g/mol. The van der Waals surface area contributed by atoms with Crippen LogP contribution in [0.25, 0.3) is 0 Å². The lowest BCUT2D eigenvalue weighted by molar-refractivity contribution is -0.137. The van der Waals surface area contributed by atoms with Gasteiger partial charge in [-0.15, -0.1) is 0 Å². The van der Waals surface area contributed by atoms with Gasteiger partial charge in [-0.1, -0.05) is 6.07 Å². The maximum atomic E-state index is 12.5. The third-order valence-electron chi connectivity index (χ3n) is 3.32. The Morgan fingerprint density at radius 3 is 2.44 bits per heavy atom. The maximum absolute atomic E-state index is 12.5. The fraction of sp³-hybridized carbons (Fsp3) is 0.538. The molecule has 1 aliphatic heterocycles. The summed E-state index contributed by atoms with van der Waals surface area (Å²) in [4.78, 5) is 0. The van der Waals surface area contributed by atoms with E-state index in [1.165, 1.54) is 6.07 Å². The van der Waals surface area contributed by atoms with Gasteiger partial charge in [-0.2, -0.15) is 24.9 Å². The maximum Gasteiger partial charge on any atom is 0.416 e. The number of benzene rings is 1. The summed E-state index contributed by atoms with van der Waals surface area (Å²) in [6, 6.07) is 3.70. The van der Waals surface area contributed by atoms with Crippen molar-refractivity contribution in [2.24, 2.45) is 5.92 Å². The average Bonchev–Trinajstić information content (AvgIpc) is 2.32. The summed E-state index contributed by atoms with van der Waals surface area (Å²) in [5.74, 6) is 2.85. The number of thioether (sulfide) groups is 1. The van der Waals surface area contributed by atoms with Crippen LogP contribution in [0.5, 0.6) is 0 Å². The Labute approximate surface area is 109 Å². The molecular formula is C13H16F3NS. The Balaban J connectivity index is 2.09. The van der Waals surface area contributed by atoms with E-state index in [-0.39, 0.29) is 5.69 Å². The van der Waals surface area contributed by atoms with Gasteiger partial charge in [0.2, 0.25) is 0 Å². The van der Waals surface area contributed by atoms with Gasteiger partial charge in [0.05, 0.1) is 5.56 Å². The summed E-state index contributed by atoms with van der Waals surface area (Å²) >= 11 is 1.94. The molecule has 0 spiro atoms. The highest BCUT2D eigenvalue weighted by Crippen LogP contribution is 2.33. The molecule has 2 rings (SSSR count). The first-order chi connectivity index (χ1) is 8.47. The number of nitrogen functional groups attached to an aromatic ring is 1. The van der Waals surface area contributed by atoms with Crippen LogP contribution in [0, 0.1) is 5.92 Å². The summed E-state index contributed by atoms with van der Waals surface area (Å²) < 4.78 is 37.5. The molecule has 2 N–H and O–H groups in total. The van der Waals surface area contributed by atoms with Crippen LogP contribution in [-0.4, -0.2) is 11.5 Å². The first-order valence-corrected chi connectivity index (χ1v) is 7.15. The number of hydrogen-bond acceptors (Lipinski definition) is 2. The lowest BCUT2D eigenvalue weighted by atomic mass is 9.92. The fourth-order valence-electron chi connectivity index (χ4n) is 2.22. The standard InChI is InChI=1S/C13H16F3NS/c14-13(15,16)11-2-1-10(12(17)8-11)7-9-3-5-18-6-4-9/h1-2,8-9H,3-7,17H2. The minimum absolute atomic E-state index is 0.267. The lowest BCUT2D eigenvalue weighted by Crippen LogP contribution is -2.14. The van der Waals surface area contributed by atoms with E-state index in [1.807, 2.05) is 11.8 Å². The molecule has 0 aliphatic carbocycles. The molecule has 0 amide bonds. The van der Waals surface area contributed by atoms with Gasteiger partial charge in [0.25, 0.3) is 0 Å². The number of halogens is 3. The van der Waals surface area contributed by atoms with Gasteiger partial charge < -0.3 is 5.73 Å². The van der Waals surface area contributed by atoms with Crippen molar-refractivity contribution in [2.75, 3.05) is 17.2 Å². The highest BCUT2D eigenvalue weighted by atomic mass is 32.2. The molecule has 1 heterocycles. The van der Waals surface area contributed by atoms with E-state index in [2.05, 4.69) is 0 Å². The Morgan fingerprint density at radius 2 is 1.89 bits per heavy atom. The van der Waals surface area contributed by atoms with Crippen molar-refractivity contribution >= 4 is 17.4 Å². The Hall–Kier alpha value is -0.840. The predicted octanol–water partition coefficient (Wildman–Crippen LogP) is 3.97. The predicted molar refractivity (Wildman–Crippen MR) is 69.6 cm³/mol. The molecule has 100 valence electrons. The third-order valence-corrected chi connectivity index (χ3v) is 4.37. The van der Waals surface area contributed by atoms with Crippen LogP contribution in [0.1, 0.15) is 24.0 Å². The monoisotopic (exact) mass is 275 g/mol. The minimum Gasteiger partial charge on any atom is -0.398 e. The molecule has 1 aromatic carbocycles. The molecule has 0 bridgehead atoms. The number of alkyl halides is 3. The number of nitrogens with two attached hydrogens (primary N) is 1. The third kappa shape index (κ3) is 3.34. The highest BCUT2D eigenvalue weighted by Gasteiger charge is 2.30. The van der Waals surface area contributed by atoms with Crippen LogP contribution in [0.4, 0.5) is 18.9 Å². The molecule has 1 saturated heterocycles. The zero-order chi connectivity index (χ0) is 13.2. The van der Waals surface area contributed by atoms with Gasteiger partial charge in [0.1, 0.15) is 0 Å². The molecule has 0 unspecified atom stereocenters. The first-order valence-electron chi connectivity index (χ1n) is 6.00. The molecule has 1 fully saturated rings. The number of rotatable bonds is 2. The van der Waals surface area contributed by atoms with Gasteiger partial charge in [-0.05, 0) is 54.4 Å². The van der Waals surface area contributed by atoms with E-state index in [0.29, 0.717) is 5.92 Å². The smallest absolute Gasteiger partial charge is 0.398 e. The summed E-state index contributed by atoms with van der Waals surface area (Å²) in [7, 11) is 0. The lowest BCUT2D eigenvalue weighted by Gasteiger charge is -2.22. The van der Waals surface area contributed by atoms with Crippen molar-refractivity contribution < 1.29 is 13.2 Å². The minimum atomic E-state index is -4.31. The van der Waals surface area contributed by atoms with Crippen molar-refractivity contribution in [1.29, 1.82) is 0 Å². The fourth-order valence-corrected chi connectivity index (χ4v) is 3.42. The van der Waals surface area contributed by atoms with Crippen molar-refractivity contribution in [2.45, 2.75) is 25.4 Å². The van der Waals surface area contributed by atoms with E-state index in [0.717, 1.165) is 48.5 Å². The van der Waals surface area contributed by atoms with Gasteiger partial charge in [-0.3, -0.25) is 0 Å². The quantitative estimate of drug-likeness (QED) is 0.826. The molecule has 1 aromatic rings. The van der Waals surface area contributed by atoms with Crippen molar-refractivity contribution in [3.8, 4) is 0 Å². The zero-order valence-electron chi connectivity index (χ0n) is 9.96. The van der Waals surface area contributed by atoms with Gasteiger partial charge in [0, 0.05) is 5.69 Å². The Kier molecular flexibility index (Phi) is 4.10. The van der Waals surface area contributed by atoms with E-state index in [4.69, 9.17) is 5.73 Å². The van der Waals surface area contributed by atoms with Crippen LogP contribution in [0.15, 0.2) is 18.2 Å². The molecule has 1 nitrogen and oxygen atoms in total. The van der Waals surface area contributed by atoms with E-state index < -0.39 is 11.7 Å². The number of anilines is 1. The molecule has 1 aliphatic rings. The Morgan fingerprint density at radius 1 is 1.22 bits per heavy atom. The van der Waals surface area contributed by atoms with E-state index >= 15 is 0 Å². The van der Waals surface area contributed by atoms with Gasteiger partial charge in [0.15, 0.2) is 0 Å². The van der Waals surface area contributed by atoms with Crippen molar-refractivity contribution in [1.82, 2.24) is 0 Å². The summed E-state index contributed by atoms with van der Waals surface area (Å²) in [6.07, 6.45) is -1.26. The van der Waals surface area contributed by atoms with E-state index in [1.54, 1.807) is 0 Å². The Bertz CT molecular complexity index is 411. The van der Waals surface area contributed by atoms with Crippen molar-refractivity contribution in [3.05, 3.63) is 29.3 Å². The van der Waals surface area contributed by atoms with Crippen LogP contribution in [0.2, 0.25) is 0 Å². The highest BCUT2D eigenvalue weighted by molar-refractivity contribution is 7.99. The second kappa shape index (κ2) is 5.43. The van der Waals surface area contributed by atoms with Crippen molar-refractivity contribution in [3.63, 3.8) is 0 Å². The largest absolute Gasteiger partial charge is 0.416 e. The molecule has 0 atom stereocenters. The first kappa shape index (κ1) is 13.6. The normalized spacial score (nSPS) is 17.9. The summed E-state index contributed by atoms with van der Waals surface area (Å²) in [6.45, 7) is 0. The van der Waals surface area contributed by atoms with Gasteiger partial charge in [-0.25, -0.2) is 0 Å². The van der Waals surface area contributed by atoms with E-state index in [9.17, 15) is 13.2 Å². The second-order valence-corrected chi connectivity index (χ2v) is 5.90. The van der Waals surface area contributed by atoms with Gasteiger partial charge >= 0.3 is 6.18 Å². The zero-order valence-corrected chi connectivity index (χ0v) is 10.8. The van der Waals surface area contributed by atoms with Crippen LogP contribution < -0.4 is 5.73 Å².